The van der Waals surface area contributed by atoms with Crippen LogP contribution in [0, 0.1) is 0 Å². The first kappa shape index (κ1) is 26.0. The van der Waals surface area contributed by atoms with Crippen molar-refractivity contribution in [1.82, 2.24) is 20.1 Å². The van der Waals surface area contributed by atoms with E-state index in [2.05, 4.69) is 31.7 Å². The molecule has 0 radical (unpaired) electrons. The van der Waals surface area contributed by atoms with Gasteiger partial charge in [-0.3, -0.25) is 9.58 Å². The topological polar surface area (TPSA) is 125 Å². The number of aromatic nitrogens is 3. The number of aryl methyl sites for hydroxylation is 1. The van der Waals surface area contributed by atoms with Gasteiger partial charge >= 0.3 is 18.2 Å². The Morgan fingerprint density at radius 1 is 1.19 bits per heavy atom. The molecule has 3 aromatic rings. The fourth-order valence-corrected chi connectivity index (χ4v) is 4.30. The molecule has 1 aromatic carbocycles. The fourth-order valence-electron chi connectivity index (χ4n) is 4.30. The lowest BCUT2D eigenvalue weighted by Gasteiger charge is -2.31. The lowest BCUT2D eigenvalue weighted by molar-refractivity contribution is -0.192. The Morgan fingerprint density at radius 3 is 2.54 bits per heavy atom. The van der Waals surface area contributed by atoms with Crippen LogP contribution in [-0.2, 0) is 18.3 Å². The molecule has 2 aliphatic heterocycles. The van der Waals surface area contributed by atoms with Crippen LogP contribution >= 0.6 is 0 Å². The van der Waals surface area contributed by atoms with Gasteiger partial charge in [0.1, 0.15) is 11.6 Å². The van der Waals surface area contributed by atoms with E-state index in [0.717, 1.165) is 54.9 Å². The highest BCUT2D eigenvalue weighted by molar-refractivity contribution is 6.05. The van der Waals surface area contributed by atoms with Crippen molar-refractivity contribution < 1.29 is 32.6 Å². The van der Waals surface area contributed by atoms with Crippen molar-refractivity contribution in [1.29, 1.82) is 0 Å². The van der Waals surface area contributed by atoms with Crippen LogP contribution in [0.5, 0.6) is 5.75 Å². The molecule has 14 heteroatoms. The number of anilines is 3. The molecule has 4 heterocycles. The second kappa shape index (κ2) is 10.5. The molecule has 2 amide bonds. The average molecular weight is 522 g/mol. The number of nitrogens with zero attached hydrogens (tertiary/aromatic N) is 5. The Balaban J connectivity index is 0.000000405. The number of piperazine rings is 1. The molecule has 1 fully saturated rings. The molecule has 0 aliphatic carbocycles. The average Bonchev–Trinajstić information content (AvgIpc) is 3.46. The molecule has 1 saturated heterocycles. The number of carbonyl (C=O) groups is 2. The Bertz CT molecular complexity index is 1310. The molecule has 2 aromatic heterocycles. The van der Waals surface area contributed by atoms with Crippen LogP contribution < -0.4 is 25.2 Å². The summed E-state index contributed by atoms with van der Waals surface area (Å²) in [4.78, 5) is 30.7. The first-order valence-corrected chi connectivity index (χ1v) is 11.4. The van der Waals surface area contributed by atoms with Crippen molar-refractivity contribution in [2.24, 2.45) is 7.05 Å². The number of pyridine rings is 1. The predicted octanol–water partition coefficient (Wildman–Crippen LogP) is 2.61. The summed E-state index contributed by atoms with van der Waals surface area (Å²) in [5.41, 5.74) is 3.77. The zero-order valence-corrected chi connectivity index (χ0v) is 20.2. The normalized spacial score (nSPS) is 15.2. The third kappa shape index (κ3) is 5.69. The van der Waals surface area contributed by atoms with Gasteiger partial charge in [0.25, 0.3) is 0 Å². The van der Waals surface area contributed by atoms with Crippen LogP contribution in [0.25, 0.3) is 10.9 Å². The van der Waals surface area contributed by atoms with Gasteiger partial charge in [0.05, 0.1) is 18.3 Å². The molecule has 2 aliphatic rings. The van der Waals surface area contributed by atoms with Crippen molar-refractivity contribution in [3.05, 3.63) is 36.2 Å². The summed E-state index contributed by atoms with van der Waals surface area (Å²) in [5.74, 6) is -1.44. The minimum absolute atomic E-state index is 0.208. The maximum absolute atomic E-state index is 13.1. The number of halogens is 3. The standard InChI is InChI=1S/C21H25N7O2.C2HF3O2/c1-26-13-14-11-17(19(30-2)12-16(14)25-26)24-21(29)28-8-4-15-18(3-5-23-20(15)28)27-9-6-22-7-10-27;3-2(4,5)1(6)7/h3,5,11-13,22H,4,6-10H2,1-2H3,(H,24,29);(H,6,7). The van der Waals surface area contributed by atoms with Gasteiger partial charge < -0.3 is 25.4 Å². The lowest BCUT2D eigenvalue weighted by Crippen LogP contribution is -2.43. The minimum atomic E-state index is -5.08. The molecule has 0 bridgehead atoms. The fraction of sp³-hybridized carbons (Fsp3) is 0.391. The van der Waals surface area contributed by atoms with Gasteiger partial charge in [-0.25, -0.2) is 14.6 Å². The van der Waals surface area contributed by atoms with E-state index >= 15 is 0 Å². The van der Waals surface area contributed by atoms with Crippen LogP contribution in [0.2, 0.25) is 0 Å². The molecule has 3 N–H and O–H groups in total. The number of ether oxygens (including phenoxy) is 1. The number of hydrogen-bond acceptors (Lipinski definition) is 7. The maximum Gasteiger partial charge on any atom is 0.490 e. The number of aliphatic carboxylic acids is 1. The van der Waals surface area contributed by atoms with Crippen molar-refractivity contribution >= 4 is 40.1 Å². The lowest BCUT2D eigenvalue weighted by atomic mass is 10.1. The van der Waals surface area contributed by atoms with Gasteiger partial charge in [0.15, 0.2) is 0 Å². The van der Waals surface area contributed by atoms with Crippen LogP contribution in [-0.4, -0.2) is 77.9 Å². The first-order chi connectivity index (χ1) is 17.6. The van der Waals surface area contributed by atoms with E-state index in [-0.39, 0.29) is 6.03 Å². The number of methoxy groups -OCH3 is 1. The number of carboxylic acids is 1. The van der Waals surface area contributed by atoms with Crippen LogP contribution in [0.15, 0.2) is 30.6 Å². The molecular formula is C23H26F3N7O4. The van der Waals surface area contributed by atoms with E-state index in [9.17, 15) is 18.0 Å². The third-order valence-electron chi connectivity index (χ3n) is 5.98. The molecule has 37 heavy (non-hydrogen) atoms. The van der Waals surface area contributed by atoms with Crippen LogP contribution in [0.1, 0.15) is 5.56 Å². The summed E-state index contributed by atoms with van der Waals surface area (Å²) in [5, 5.41) is 18.8. The van der Waals surface area contributed by atoms with Gasteiger partial charge in [-0.1, -0.05) is 0 Å². The highest BCUT2D eigenvalue weighted by Gasteiger charge is 2.38. The number of urea groups is 1. The number of amides is 2. The summed E-state index contributed by atoms with van der Waals surface area (Å²) in [6.45, 7) is 4.47. The zero-order valence-electron chi connectivity index (χ0n) is 20.2. The number of benzene rings is 1. The van der Waals surface area contributed by atoms with E-state index in [4.69, 9.17) is 14.6 Å². The number of rotatable bonds is 3. The third-order valence-corrected chi connectivity index (χ3v) is 5.98. The molecule has 198 valence electrons. The number of alkyl halides is 3. The van der Waals surface area contributed by atoms with E-state index in [1.165, 1.54) is 5.69 Å². The predicted molar refractivity (Wildman–Crippen MR) is 130 cm³/mol. The molecule has 0 unspecified atom stereocenters. The van der Waals surface area contributed by atoms with Gasteiger partial charge in [0, 0.05) is 74.9 Å². The Kier molecular flexibility index (Phi) is 7.38. The van der Waals surface area contributed by atoms with E-state index < -0.39 is 12.1 Å². The van der Waals surface area contributed by atoms with Crippen LogP contribution in [0.3, 0.4) is 0 Å². The molecule has 11 nitrogen and oxygen atoms in total. The van der Waals surface area contributed by atoms with Crippen molar-refractivity contribution in [2.45, 2.75) is 12.6 Å². The van der Waals surface area contributed by atoms with Crippen molar-refractivity contribution in [3.8, 4) is 5.75 Å². The van der Waals surface area contributed by atoms with Gasteiger partial charge in [-0.15, -0.1) is 0 Å². The highest BCUT2D eigenvalue weighted by atomic mass is 19.4. The summed E-state index contributed by atoms with van der Waals surface area (Å²) >= 11 is 0. The van der Waals surface area contributed by atoms with Crippen molar-refractivity contribution in [3.63, 3.8) is 0 Å². The van der Waals surface area contributed by atoms with Crippen molar-refractivity contribution in [2.75, 3.05) is 55.0 Å². The Labute approximate surface area is 209 Å². The summed E-state index contributed by atoms with van der Waals surface area (Å²) < 4.78 is 39.0. The van der Waals surface area contributed by atoms with Gasteiger partial charge in [0.2, 0.25) is 0 Å². The second-order valence-corrected chi connectivity index (χ2v) is 8.42. The summed E-state index contributed by atoms with van der Waals surface area (Å²) in [7, 11) is 3.46. The van der Waals surface area contributed by atoms with E-state index in [1.54, 1.807) is 22.9 Å². The maximum atomic E-state index is 13.1. The van der Waals surface area contributed by atoms with Gasteiger partial charge in [-0.2, -0.15) is 18.3 Å². The zero-order chi connectivity index (χ0) is 26.7. The smallest absolute Gasteiger partial charge is 0.490 e. The number of nitrogens with one attached hydrogen (secondary N) is 2. The monoisotopic (exact) mass is 521 g/mol. The number of fused-ring (bicyclic) bond motifs is 2. The molecule has 5 rings (SSSR count). The number of carboxylic acid groups (broad SMARTS) is 1. The summed E-state index contributed by atoms with van der Waals surface area (Å²) in [6.07, 6.45) is -0.574. The molecule has 0 spiro atoms. The van der Waals surface area contributed by atoms with Gasteiger partial charge in [-0.05, 0) is 18.6 Å². The minimum Gasteiger partial charge on any atom is -0.494 e. The largest absolute Gasteiger partial charge is 0.494 e. The molecule has 0 atom stereocenters. The first-order valence-electron chi connectivity index (χ1n) is 11.4. The molecular weight excluding hydrogens is 495 g/mol. The molecule has 0 saturated carbocycles. The van der Waals surface area contributed by atoms with E-state index in [0.29, 0.717) is 18.0 Å². The van der Waals surface area contributed by atoms with E-state index in [1.807, 2.05) is 25.4 Å². The quantitative estimate of drug-likeness (QED) is 0.481. The highest BCUT2D eigenvalue weighted by Crippen LogP contribution is 2.35. The Hall–Kier alpha value is -4.07. The van der Waals surface area contributed by atoms with Crippen LogP contribution in [0.4, 0.5) is 35.2 Å². The number of carbonyl (C=O) groups excluding carboxylic acids is 1. The summed E-state index contributed by atoms with van der Waals surface area (Å²) in [6, 6.07) is 5.58. The Morgan fingerprint density at radius 2 is 1.89 bits per heavy atom. The SMILES string of the molecule is COc1cc2nn(C)cc2cc1NC(=O)N1CCc2c(N3CCNCC3)ccnc21.O=C(O)C(F)(F)F. The second-order valence-electron chi connectivity index (χ2n) is 8.42. The number of hydrogen-bond donors (Lipinski definition) is 3.